The number of ether oxygens (including phenoxy) is 1. The normalized spacial score (nSPS) is 21.1. The Morgan fingerprint density at radius 2 is 2.21 bits per heavy atom. The summed E-state index contributed by atoms with van der Waals surface area (Å²) in [6.07, 6.45) is 4.60. The molecule has 0 saturated carbocycles. The van der Waals surface area contributed by atoms with Crippen LogP contribution < -0.4 is 5.32 Å². The van der Waals surface area contributed by atoms with Crippen LogP contribution in [0.15, 0.2) is 6.07 Å². The lowest BCUT2D eigenvalue weighted by molar-refractivity contribution is -0.0605. The van der Waals surface area contributed by atoms with Gasteiger partial charge in [-0.2, -0.15) is 0 Å². The van der Waals surface area contributed by atoms with Gasteiger partial charge in [0.25, 0.3) is 5.91 Å². The van der Waals surface area contributed by atoms with Crippen LogP contribution >= 0.6 is 11.3 Å². The Labute approximate surface area is 116 Å². The summed E-state index contributed by atoms with van der Waals surface area (Å²) in [5.41, 5.74) is 0.536. The fourth-order valence-corrected chi connectivity index (χ4v) is 3.87. The maximum absolute atomic E-state index is 12.1. The summed E-state index contributed by atoms with van der Waals surface area (Å²) in [5, 5.41) is 13.2. The number of hydrogen-bond donors (Lipinski definition) is 2. The number of aryl methyl sites for hydroxylation is 2. The van der Waals surface area contributed by atoms with E-state index >= 15 is 0 Å². The summed E-state index contributed by atoms with van der Waals surface area (Å²) < 4.78 is 5.23. The lowest BCUT2D eigenvalue weighted by Gasteiger charge is -2.31. The molecule has 0 aromatic carbocycles. The summed E-state index contributed by atoms with van der Waals surface area (Å²) in [6.45, 7) is 1.46. The van der Waals surface area contributed by atoms with Crippen molar-refractivity contribution >= 4 is 17.2 Å². The SMILES string of the molecule is O=C(NCC1(O)CCOCC1)c1cc2c(s1)CCC2. The fourth-order valence-electron chi connectivity index (χ4n) is 2.70. The van der Waals surface area contributed by atoms with Crippen molar-refractivity contribution in [3.63, 3.8) is 0 Å². The van der Waals surface area contributed by atoms with Gasteiger partial charge in [-0.3, -0.25) is 4.79 Å². The molecule has 3 rings (SSSR count). The second-order valence-corrected chi connectivity index (χ2v) is 6.57. The van der Waals surface area contributed by atoms with Crippen molar-refractivity contribution in [3.05, 3.63) is 21.4 Å². The molecule has 0 unspecified atom stereocenters. The van der Waals surface area contributed by atoms with Gasteiger partial charge in [0.1, 0.15) is 0 Å². The van der Waals surface area contributed by atoms with Crippen molar-refractivity contribution < 1.29 is 14.6 Å². The molecule has 1 amide bonds. The number of hydrogen-bond acceptors (Lipinski definition) is 4. The van der Waals surface area contributed by atoms with Crippen molar-refractivity contribution in [2.45, 2.75) is 37.7 Å². The Hall–Kier alpha value is -0.910. The summed E-state index contributed by atoms with van der Waals surface area (Å²) in [4.78, 5) is 14.2. The van der Waals surface area contributed by atoms with Crippen LogP contribution in [0.25, 0.3) is 0 Å². The summed E-state index contributed by atoms with van der Waals surface area (Å²) >= 11 is 1.60. The Kier molecular flexibility index (Phi) is 3.60. The topological polar surface area (TPSA) is 58.6 Å². The second kappa shape index (κ2) is 5.23. The Morgan fingerprint density at radius 1 is 1.42 bits per heavy atom. The predicted molar refractivity (Wildman–Crippen MR) is 73.7 cm³/mol. The average Bonchev–Trinajstić information content (AvgIpc) is 2.97. The highest BCUT2D eigenvalue weighted by Crippen LogP contribution is 2.30. The van der Waals surface area contributed by atoms with Gasteiger partial charge in [0, 0.05) is 37.5 Å². The van der Waals surface area contributed by atoms with Gasteiger partial charge < -0.3 is 15.2 Å². The molecule has 1 saturated heterocycles. The molecule has 0 spiro atoms. The first-order valence-electron chi connectivity index (χ1n) is 6.86. The van der Waals surface area contributed by atoms with Gasteiger partial charge in [0.2, 0.25) is 0 Å². The van der Waals surface area contributed by atoms with Gasteiger partial charge in [-0.15, -0.1) is 11.3 Å². The number of amides is 1. The zero-order valence-electron chi connectivity index (χ0n) is 10.9. The molecule has 1 aliphatic heterocycles. The molecule has 1 fully saturated rings. The van der Waals surface area contributed by atoms with E-state index in [4.69, 9.17) is 4.74 Å². The van der Waals surface area contributed by atoms with E-state index in [2.05, 4.69) is 5.32 Å². The average molecular weight is 281 g/mol. The summed E-state index contributed by atoms with van der Waals surface area (Å²) in [5.74, 6) is -0.0562. The molecular formula is C14H19NO3S. The van der Waals surface area contributed by atoms with Crippen molar-refractivity contribution in [3.8, 4) is 0 Å². The Morgan fingerprint density at radius 3 is 2.95 bits per heavy atom. The quantitative estimate of drug-likeness (QED) is 0.883. The molecule has 0 atom stereocenters. The number of carbonyl (C=O) groups excluding carboxylic acids is 1. The van der Waals surface area contributed by atoms with Crippen molar-refractivity contribution in [1.82, 2.24) is 5.32 Å². The van der Waals surface area contributed by atoms with Gasteiger partial charge in [0.15, 0.2) is 0 Å². The molecule has 104 valence electrons. The van der Waals surface area contributed by atoms with Crippen molar-refractivity contribution in [1.29, 1.82) is 0 Å². The van der Waals surface area contributed by atoms with E-state index in [1.54, 1.807) is 11.3 Å². The van der Waals surface area contributed by atoms with Crippen LogP contribution in [0.4, 0.5) is 0 Å². The van der Waals surface area contributed by atoms with Gasteiger partial charge >= 0.3 is 0 Å². The highest BCUT2D eigenvalue weighted by atomic mass is 32.1. The highest BCUT2D eigenvalue weighted by molar-refractivity contribution is 7.14. The minimum absolute atomic E-state index is 0.0562. The minimum Gasteiger partial charge on any atom is -0.388 e. The molecular weight excluding hydrogens is 262 g/mol. The monoisotopic (exact) mass is 281 g/mol. The standard InChI is InChI=1S/C14H19NO3S/c16-13(12-8-10-2-1-3-11(10)19-12)15-9-14(17)4-6-18-7-5-14/h8,17H,1-7,9H2,(H,15,16). The van der Waals surface area contributed by atoms with Crippen LogP contribution in [-0.2, 0) is 17.6 Å². The molecule has 0 bridgehead atoms. The molecule has 1 aromatic rings. The van der Waals surface area contributed by atoms with E-state index in [-0.39, 0.29) is 5.91 Å². The first kappa shape index (κ1) is 13.1. The summed E-state index contributed by atoms with van der Waals surface area (Å²) in [6, 6.07) is 2.01. The van der Waals surface area contributed by atoms with Crippen molar-refractivity contribution in [2.24, 2.45) is 0 Å². The zero-order valence-corrected chi connectivity index (χ0v) is 11.7. The van der Waals surface area contributed by atoms with E-state index in [0.29, 0.717) is 32.6 Å². The van der Waals surface area contributed by atoms with Gasteiger partial charge in [-0.05, 0) is 30.9 Å². The maximum Gasteiger partial charge on any atom is 0.261 e. The van der Waals surface area contributed by atoms with Crippen LogP contribution in [0.5, 0.6) is 0 Å². The van der Waals surface area contributed by atoms with E-state index in [1.807, 2.05) is 6.07 Å². The Balaban J connectivity index is 1.58. The largest absolute Gasteiger partial charge is 0.388 e. The van der Waals surface area contributed by atoms with Crippen LogP contribution in [0.2, 0.25) is 0 Å². The van der Waals surface area contributed by atoms with Gasteiger partial charge in [-0.25, -0.2) is 0 Å². The Bertz CT molecular complexity index is 456. The number of nitrogens with one attached hydrogen (secondary N) is 1. The van der Waals surface area contributed by atoms with Gasteiger partial charge in [-0.1, -0.05) is 0 Å². The highest BCUT2D eigenvalue weighted by Gasteiger charge is 2.30. The molecule has 1 aromatic heterocycles. The van der Waals surface area contributed by atoms with Crippen LogP contribution in [0.1, 0.15) is 39.4 Å². The minimum atomic E-state index is -0.798. The molecule has 0 radical (unpaired) electrons. The van der Waals surface area contributed by atoms with Crippen LogP contribution in [-0.4, -0.2) is 36.4 Å². The van der Waals surface area contributed by atoms with Crippen LogP contribution in [0.3, 0.4) is 0 Å². The molecule has 2 heterocycles. The first-order valence-corrected chi connectivity index (χ1v) is 7.68. The fraction of sp³-hybridized carbons (Fsp3) is 0.643. The lowest BCUT2D eigenvalue weighted by Crippen LogP contribution is -2.46. The van der Waals surface area contributed by atoms with E-state index in [0.717, 1.165) is 17.7 Å². The second-order valence-electron chi connectivity index (χ2n) is 5.43. The van der Waals surface area contributed by atoms with E-state index in [1.165, 1.54) is 16.9 Å². The zero-order chi connectivity index (χ0) is 13.3. The number of thiophene rings is 1. The van der Waals surface area contributed by atoms with Gasteiger partial charge in [0.05, 0.1) is 10.5 Å². The number of rotatable bonds is 3. The first-order chi connectivity index (χ1) is 9.16. The van der Waals surface area contributed by atoms with Crippen molar-refractivity contribution in [2.75, 3.05) is 19.8 Å². The lowest BCUT2D eigenvalue weighted by atomic mass is 9.94. The molecule has 4 nitrogen and oxygen atoms in total. The van der Waals surface area contributed by atoms with Crippen LogP contribution in [0, 0.1) is 0 Å². The third kappa shape index (κ3) is 2.83. The smallest absolute Gasteiger partial charge is 0.261 e. The molecule has 19 heavy (non-hydrogen) atoms. The molecule has 1 aliphatic carbocycles. The number of fused-ring (bicyclic) bond motifs is 1. The number of aliphatic hydroxyl groups is 1. The molecule has 2 N–H and O–H groups in total. The molecule has 5 heteroatoms. The van der Waals surface area contributed by atoms with E-state index in [9.17, 15) is 9.90 Å². The van der Waals surface area contributed by atoms with E-state index < -0.39 is 5.60 Å². The predicted octanol–water partition coefficient (Wildman–Crippen LogP) is 1.51. The maximum atomic E-state index is 12.1. The molecule has 2 aliphatic rings. The number of carbonyl (C=O) groups is 1. The third-order valence-electron chi connectivity index (χ3n) is 3.97. The summed E-state index contributed by atoms with van der Waals surface area (Å²) in [7, 11) is 0. The third-order valence-corrected chi connectivity index (χ3v) is 5.21.